The maximum Gasteiger partial charge on any atom is 0.453 e. The molecule has 1 aromatic carbocycles. The Morgan fingerprint density at radius 3 is 2.26 bits per heavy atom. The van der Waals surface area contributed by atoms with Gasteiger partial charge in [0.1, 0.15) is 0 Å². The predicted octanol–water partition coefficient (Wildman–Crippen LogP) is 3.30. The Morgan fingerprint density at radius 2 is 1.74 bits per heavy atom. The van der Waals surface area contributed by atoms with Gasteiger partial charge in [-0.15, -0.1) is 15.3 Å². The molecule has 0 aliphatic rings. The van der Waals surface area contributed by atoms with E-state index >= 15 is 0 Å². The van der Waals surface area contributed by atoms with Gasteiger partial charge in [0.15, 0.2) is 11.6 Å². The Kier molecular flexibility index (Phi) is 4.84. The molecule has 0 atom stereocenters. The lowest BCUT2D eigenvalue weighted by molar-refractivity contribution is -0.144. The van der Waals surface area contributed by atoms with E-state index in [4.69, 9.17) is 27.8 Å². The van der Waals surface area contributed by atoms with E-state index in [2.05, 4.69) is 20.3 Å². The molecule has 0 saturated carbocycles. The summed E-state index contributed by atoms with van der Waals surface area (Å²) in [5.41, 5.74) is 0.146. The van der Waals surface area contributed by atoms with Crippen LogP contribution in [0.5, 0.6) is 0 Å². The first-order chi connectivity index (χ1) is 12.5. The molecular weight excluding hydrogens is 434 g/mol. The third-order valence-electron chi connectivity index (χ3n) is 3.15. The molecule has 3 rings (SSSR count). The Hall–Kier alpha value is -2.28. The SMILES string of the molecule is O=S(=O)(O)c1ccc(-n2nc(C(F)(F)F)nc2-c2ccc(Cl)c(Cl)c2)nn1. The lowest BCUT2D eigenvalue weighted by atomic mass is 10.2. The fourth-order valence-corrected chi connectivity index (χ4v) is 2.66. The summed E-state index contributed by atoms with van der Waals surface area (Å²) in [5, 5.41) is 9.58. The van der Waals surface area contributed by atoms with Gasteiger partial charge in [-0.2, -0.15) is 26.3 Å². The minimum absolute atomic E-state index is 0.0741. The molecule has 0 fully saturated rings. The zero-order chi connectivity index (χ0) is 20.0. The molecule has 0 unspecified atom stereocenters. The van der Waals surface area contributed by atoms with E-state index in [0.717, 1.165) is 12.1 Å². The molecule has 1 N–H and O–H groups in total. The quantitative estimate of drug-likeness (QED) is 0.623. The minimum atomic E-state index is -4.85. The summed E-state index contributed by atoms with van der Waals surface area (Å²) in [5.74, 6) is -2.01. The number of benzene rings is 1. The summed E-state index contributed by atoms with van der Waals surface area (Å²) >= 11 is 11.7. The first-order valence-corrected chi connectivity index (χ1v) is 8.97. The highest BCUT2D eigenvalue weighted by molar-refractivity contribution is 7.85. The van der Waals surface area contributed by atoms with Crippen LogP contribution < -0.4 is 0 Å². The lowest BCUT2D eigenvalue weighted by Gasteiger charge is -2.06. The molecule has 0 amide bonds. The summed E-state index contributed by atoms with van der Waals surface area (Å²) in [6, 6.07) is 5.87. The van der Waals surface area contributed by atoms with Crippen LogP contribution in [-0.2, 0) is 16.3 Å². The Balaban J connectivity index is 2.19. The van der Waals surface area contributed by atoms with Crippen molar-refractivity contribution in [1.29, 1.82) is 0 Å². The summed E-state index contributed by atoms with van der Waals surface area (Å²) < 4.78 is 70.8. The molecule has 0 bridgehead atoms. The van der Waals surface area contributed by atoms with Gasteiger partial charge in [0.05, 0.1) is 10.0 Å². The van der Waals surface area contributed by atoms with E-state index in [-0.39, 0.29) is 27.3 Å². The van der Waals surface area contributed by atoms with Crippen LogP contribution in [0.15, 0.2) is 35.4 Å². The van der Waals surface area contributed by atoms with Crippen molar-refractivity contribution in [2.45, 2.75) is 11.2 Å². The fourth-order valence-electron chi connectivity index (χ4n) is 1.98. The first kappa shape index (κ1) is 19.5. The number of alkyl halides is 3. The van der Waals surface area contributed by atoms with Gasteiger partial charge in [-0.1, -0.05) is 23.2 Å². The third-order valence-corrected chi connectivity index (χ3v) is 4.63. The molecule has 0 radical (unpaired) electrons. The van der Waals surface area contributed by atoms with Gasteiger partial charge in [-0.3, -0.25) is 4.55 Å². The van der Waals surface area contributed by atoms with E-state index in [9.17, 15) is 21.6 Å². The first-order valence-electron chi connectivity index (χ1n) is 6.78. The number of hydrogen-bond donors (Lipinski definition) is 1. The molecule has 3 aromatic rings. The van der Waals surface area contributed by atoms with Crippen molar-refractivity contribution in [3.8, 4) is 17.2 Å². The second-order valence-electron chi connectivity index (χ2n) is 5.00. The van der Waals surface area contributed by atoms with Crippen LogP contribution in [-0.4, -0.2) is 37.9 Å². The normalized spacial score (nSPS) is 12.4. The maximum absolute atomic E-state index is 13.0. The summed E-state index contributed by atoms with van der Waals surface area (Å²) in [7, 11) is -4.62. The second-order valence-corrected chi connectivity index (χ2v) is 7.19. The van der Waals surface area contributed by atoms with E-state index in [1.807, 2.05) is 0 Å². The average Bonchev–Trinajstić information content (AvgIpc) is 3.02. The smallest absolute Gasteiger partial charge is 0.281 e. The highest BCUT2D eigenvalue weighted by Crippen LogP contribution is 2.32. The van der Waals surface area contributed by atoms with Crippen LogP contribution in [0.4, 0.5) is 13.2 Å². The van der Waals surface area contributed by atoms with Gasteiger partial charge >= 0.3 is 16.3 Å². The second kappa shape index (κ2) is 6.71. The van der Waals surface area contributed by atoms with Crippen molar-refractivity contribution in [2.24, 2.45) is 0 Å². The molecule has 2 aromatic heterocycles. The molecule has 14 heteroatoms. The maximum atomic E-state index is 13.0. The van der Waals surface area contributed by atoms with Crippen LogP contribution in [0.25, 0.3) is 17.2 Å². The Labute approximate surface area is 159 Å². The van der Waals surface area contributed by atoms with Crippen molar-refractivity contribution < 1.29 is 26.1 Å². The van der Waals surface area contributed by atoms with Crippen molar-refractivity contribution in [1.82, 2.24) is 25.0 Å². The van der Waals surface area contributed by atoms with Gasteiger partial charge < -0.3 is 0 Å². The minimum Gasteiger partial charge on any atom is -0.281 e. The van der Waals surface area contributed by atoms with Crippen molar-refractivity contribution in [2.75, 3.05) is 0 Å². The highest BCUT2D eigenvalue weighted by atomic mass is 35.5. The van der Waals surface area contributed by atoms with E-state index < -0.39 is 27.1 Å². The predicted molar refractivity (Wildman–Crippen MR) is 87.2 cm³/mol. The summed E-state index contributed by atoms with van der Waals surface area (Å²) in [4.78, 5) is 3.46. The average molecular weight is 440 g/mol. The van der Waals surface area contributed by atoms with Gasteiger partial charge in [0.2, 0.25) is 5.03 Å². The van der Waals surface area contributed by atoms with E-state index in [1.54, 1.807) is 0 Å². The Bertz CT molecular complexity index is 1120. The van der Waals surface area contributed by atoms with Gasteiger partial charge in [0.25, 0.3) is 5.82 Å². The number of halogens is 5. The molecule has 0 aliphatic heterocycles. The molecule has 8 nitrogen and oxygen atoms in total. The highest BCUT2D eigenvalue weighted by Gasteiger charge is 2.37. The van der Waals surface area contributed by atoms with Crippen LogP contribution >= 0.6 is 23.2 Å². The number of nitrogens with zero attached hydrogens (tertiary/aromatic N) is 5. The molecule has 142 valence electrons. The largest absolute Gasteiger partial charge is 0.453 e. The zero-order valence-corrected chi connectivity index (χ0v) is 15.0. The standard InChI is InChI=1S/C13H6Cl2F3N5O3S/c14-7-2-1-6(5-8(7)15)11-19-12(13(16,17)18)22-23(11)9-3-4-10(21-20-9)27(24,25)26/h1-5H,(H,24,25,26). The monoisotopic (exact) mass is 439 g/mol. The summed E-state index contributed by atoms with van der Waals surface area (Å²) in [6.45, 7) is 0. The lowest BCUT2D eigenvalue weighted by Crippen LogP contribution is -2.10. The number of aromatic nitrogens is 5. The molecule has 0 spiro atoms. The van der Waals surface area contributed by atoms with E-state index in [1.165, 1.54) is 18.2 Å². The summed E-state index contributed by atoms with van der Waals surface area (Å²) in [6.07, 6.45) is -4.85. The number of hydrogen-bond acceptors (Lipinski definition) is 6. The van der Waals surface area contributed by atoms with E-state index in [0.29, 0.717) is 4.68 Å². The third kappa shape index (κ3) is 4.03. The molecular formula is C13H6Cl2F3N5O3S. The van der Waals surface area contributed by atoms with Crippen molar-refractivity contribution >= 4 is 33.3 Å². The molecule has 27 heavy (non-hydrogen) atoms. The topological polar surface area (TPSA) is 111 Å². The zero-order valence-electron chi connectivity index (χ0n) is 12.7. The molecule has 0 aliphatic carbocycles. The van der Waals surface area contributed by atoms with Gasteiger partial charge in [0, 0.05) is 5.56 Å². The van der Waals surface area contributed by atoms with Crippen LogP contribution in [0.3, 0.4) is 0 Å². The fraction of sp³-hybridized carbons (Fsp3) is 0.0769. The van der Waals surface area contributed by atoms with Crippen molar-refractivity contribution in [3.05, 3.63) is 46.2 Å². The van der Waals surface area contributed by atoms with Gasteiger partial charge in [-0.25, -0.2) is 4.98 Å². The number of rotatable bonds is 3. The molecule has 2 heterocycles. The van der Waals surface area contributed by atoms with Crippen LogP contribution in [0, 0.1) is 0 Å². The van der Waals surface area contributed by atoms with Crippen molar-refractivity contribution in [3.63, 3.8) is 0 Å². The van der Waals surface area contributed by atoms with Crippen LogP contribution in [0.1, 0.15) is 5.82 Å². The van der Waals surface area contributed by atoms with Crippen LogP contribution in [0.2, 0.25) is 10.0 Å². The Morgan fingerprint density at radius 1 is 1.04 bits per heavy atom. The van der Waals surface area contributed by atoms with Gasteiger partial charge in [-0.05, 0) is 30.3 Å². The molecule has 0 saturated heterocycles.